The number of aliphatic hydroxyl groups excluding tert-OH is 1. The van der Waals surface area contributed by atoms with Crippen molar-refractivity contribution in [3.05, 3.63) is 29.8 Å². The van der Waals surface area contributed by atoms with Crippen molar-refractivity contribution >= 4 is 5.69 Å². The van der Waals surface area contributed by atoms with Crippen LogP contribution in [-0.4, -0.2) is 18.3 Å². The molecule has 0 saturated heterocycles. The number of anilines is 1. The number of nitrogens with one attached hydrogen (secondary N) is 1. The van der Waals surface area contributed by atoms with Crippen LogP contribution >= 0.6 is 0 Å². The normalized spacial score (nSPS) is 10.2. The van der Waals surface area contributed by atoms with E-state index in [4.69, 9.17) is 10.8 Å². The van der Waals surface area contributed by atoms with Gasteiger partial charge in [-0.2, -0.15) is 0 Å². The smallest absolute Gasteiger partial charge is 0.0443 e. The monoisotopic (exact) mass is 180 g/mol. The molecule has 0 spiro atoms. The van der Waals surface area contributed by atoms with Crippen molar-refractivity contribution in [1.82, 2.24) is 5.32 Å². The van der Waals surface area contributed by atoms with Crippen LogP contribution in [0.4, 0.5) is 5.69 Å². The molecule has 3 nitrogen and oxygen atoms in total. The Hall–Kier alpha value is -1.06. The summed E-state index contributed by atoms with van der Waals surface area (Å²) < 4.78 is 0. The van der Waals surface area contributed by atoms with E-state index >= 15 is 0 Å². The van der Waals surface area contributed by atoms with Gasteiger partial charge in [-0.05, 0) is 24.6 Å². The van der Waals surface area contributed by atoms with Gasteiger partial charge >= 0.3 is 0 Å². The summed E-state index contributed by atoms with van der Waals surface area (Å²) in [4.78, 5) is 0. The zero-order chi connectivity index (χ0) is 9.52. The Morgan fingerprint density at radius 3 is 2.77 bits per heavy atom. The number of nitrogen functional groups attached to an aromatic ring is 1. The first-order chi connectivity index (χ1) is 6.34. The van der Waals surface area contributed by atoms with E-state index in [9.17, 15) is 0 Å². The van der Waals surface area contributed by atoms with Crippen LogP contribution in [0.25, 0.3) is 0 Å². The van der Waals surface area contributed by atoms with Crippen molar-refractivity contribution in [3.63, 3.8) is 0 Å². The highest BCUT2D eigenvalue weighted by atomic mass is 16.3. The Morgan fingerprint density at radius 1 is 1.31 bits per heavy atom. The SMILES string of the molecule is Nc1ccccc1CNCCCO. The number of aliphatic hydroxyl groups is 1. The number of hydrogen-bond acceptors (Lipinski definition) is 3. The molecular weight excluding hydrogens is 164 g/mol. The molecule has 4 N–H and O–H groups in total. The molecular formula is C10H16N2O. The molecule has 1 aromatic rings. The van der Waals surface area contributed by atoms with Crippen molar-refractivity contribution in [2.24, 2.45) is 0 Å². The first-order valence-electron chi connectivity index (χ1n) is 4.49. The maximum absolute atomic E-state index is 8.55. The summed E-state index contributed by atoms with van der Waals surface area (Å²) in [6, 6.07) is 7.79. The third-order valence-corrected chi connectivity index (χ3v) is 1.88. The molecule has 13 heavy (non-hydrogen) atoms. The van der Waals surface area contributed by atoms with Crippen molar-refractivity contribution in [2.75, 3.05) is 18.9 Å². The van der Waals surface area contributed by atoms with Gasteiger partial charge in [-0.25, -0.2) is 0 Å². The van der Waals surface area contributed by atoms with Crippen molar-refractivity contribution in [2.45, 2.75) is 13.0 Å². The molecule has 0 aromatic heterocycles. The molecule has 72 valence electrons. The predicted octanol–water partition coefficient (Wildman–Crippen LogP) is 0.741. The molecule has 0 amide bonds. The second kappa shape index (κ2) is 5.56. The fourth-order valence-electron chi connectivity index (χ4n) is 1.12. The van der Waals surface area contributed by atoms with Gasteiger partial charge in [0.2, 0.25) is 0 Å². The molecule has 3 heteroatoms. The fourth-order valence-corrected chi connectivity index (χ4v) is 1.12. The summed E-state index contributed by atoms with van der Waals surface area (Å²) in [6.45, 7) is 1.83. The maximum atomic E-state index is 8.55. The third-order valence-electron chi connectivity index (χ3n) is 1.88. The van der Waals surface area contributed by atoms with E-state index < -0.39 is 0 Å². The average molecular weight is 180 g/mol. The number of nitrogens with two attached hydrogens (primary N) is 1. The Balaban J connectivity index is 2.32. The van der Waals surface area contributed by atoms with Gasteiger partial charge in [0.25, 0.3) is 0 Å². The van der Waals surface area contributed by atoms with Crippen LogP contribution in [0.5, 0.6) is 0 Å². The lowest BCUT2D eigenvalue weighted by molar-refractivity contribution is 0.286. The molecule has 1 rings (SSSR count). The van der Waals surface area contributed by atoms with E-state index in [2.05, 4.69) is 5.32 Å². The van der Waals surface area contributed by atoms with Gasteiger partial charge in [-0.3, -0.25) is 0 Å². The van der Waals surface area contributed by atoms with Gasteiger partial charge in [0, 0.05) is 18.8 Å². The fraction of sp³-hybridized carbons (Fsp3) is 0.400. The van der Waals surface area contributed by atoms with Gasteiger partial charge < -0.3 is 16.2 Å². The molecule has 0 bridgehead atoms. The quantitative estimate of drug-likeness (QED) is 0.462. The van der Waals surface area contributed by atoms with Crippen LogP contribution < -0.4 is 11.1 Å². The maximum Gasteiger partial charge on any atom is 0.0443 e. The molecule has 0 saturated carbocycles. The summed E-state index contributed by atoms with van der Waals surface area (Å²) in [5.41, 5.74) is 7.68. The minimum Gasteiger partial charge on any atom is -0.398 e. The summed E-state index contributed by atoms with van der Waals surface area (Å²) in [5, 5.41) is 11.8. The molecule has 0 atom stereocenters. The zero-order valence-electron chi connectivity index (χ0n) is 7.66. The van der Waals surface area contributed by atoms with Gasteiger partial charge in [-0.15, -0.1) is 0 Å². The van der Waals surface area contributed by atoms with E-state index in [0.29, 0.717) is 0 Å². The van der Waals surface area contributed by atoms with E-state index in [0.717, 1.165) is 30.8 Å². The van der Waals surface area contributed by atoms with E-state index in [1.165, 1.54) is 0 Å². The largest absolute Gasteiger partial charge is 0.398 e. The number of para-hydroxylation sites is 1. The average Bonchev–Trinajstić information content (AvgIpc) is 2.15. The lowest BCUT2D eigenvalue weighted by atomic mass is 10.2. The van der Waals surface area contributed by atoms with Crippen LogP contribution in [0.15, 0.2) is 24.3 Å². The molecule has 0 aliphatic carbocycles. The molecule has 0 radical (unpaired) electrons. The topological polar surface area (TPSA) is 58.3 Å². The van der Waals surface area contributed by atoms with Gasteiger partial charge in [0.05, 0.1) is 0 Å². The van der Waals surface area contributed by atoms with E-state index in [-0.39, 0.29) is 6.61 Å². The van der Waals surface area contributed by atoms with Crippen molar-refractivity contribution in [3.8, 4) is 0 Å². The Bertz CT molecular complexity index is 250. The van der Waals surface area contributed by atoms with Crippen molar-refractivity contribution in [1.29, 1.82) is 0 Å². The summed E-state index contributed by atoms with van der Waals surface area (Å²) >= 11 is 0. The molecule has 0 aliphatic rings. The first kappa shape index (κ1) is 10.0. The third kappa shape index (κ3) is 3.44. The zero-order valence-corrected chi connectivity index (χ0v) is 7.66. The minimum atomic E-state index is 0.233. The Labute approximate surface area is 78.6 Å². The molecule has 0 fully saturated rings. The summed E-state index contributed by atoms with van der Waals surface area (Å²) in [6.07, 6.45) is 0.784. The number of benzene rings is 1. The highest BCUT2D eigenvalue weighted by Crippen LogP contribution is 2.09. The second-order valence-corrected chi connectivity index (χ2v) is 2.95. The molecule has 1 aromatic carbocycles. The van der Waals surface area contributed by atoms with E-state index in [1.54, 1.807) is 0 Å². The lowest BCUT2D eigenvalue weighted by Gasteiger charge is -2.06. The van der Waals surface area contributed by atoms with Gasteiger partial charge in [0.15, 0.2) is 0 Å². The molecule has 0 unspecified atom stereocenters. The van der Waals surface area contributed by atoms with Gasteiger partial charge in [-0.1, -0.05) is 18.2 Å². The first-order valence-corrected chi connectivity index (χ1v) is 4.49. The highest BCUT2D eigenvalue weighted by molar-refractivity contribution is 5.46. The highest BCUT2D eigenvalue weighted by Gasteiger charge is 1.95. The second-order valence-electron chi connectivity index (χ2n) is 2.95. The molecule has 0 aliphatic heterocycles. The predicted molar refractivity (Wildman–Crippen MR) is 54.3 cm³/mol. The van der Waals surface area contributed by atoms with Gasteiger partial charge in [0.1, 0.15) is 0 Å². The van der Waals surface area contributed by atoms with Crippen LogP contribution in [0.1, 0.15) is 12.0 Å². The number of rotatable bonds is 5. The summed E-state index contributed by atoms with van der Waals surface area (Å²) in [5.74, 6) is 0. The van der Waals surface area contributed by atoms with Crippen LogP contribution in [0.2, 0.25) is 0 Å². The Morgan fingerprint density at radius 2 is 2.08 bits per heavy atom. The van der Waals surface area contributed by atoms with Crippen LogP contribution in [-0.2, 0) is 6.54 Å². The summed E-state index contributed by atoms with van der Waals surface area (Å²) in [7, 11) is 0. The van der Waals surface area contributed by atoms with E-state index in [1.807, 2.05) is 24.3 Å². The standard InChI is InChI=1S/C10H16N2O/c11-10-5-2-1-4-9(10)8-12-6-3-7-13/h1-2,4-5,12-13H,3,6-8,11H2. The number of hydrogen-bond donors (Lipinski definition) is 3. The van der Waals surface area contributed by atoms with Crippen LogP contribution in [0.3, 0.4) is 0 Å². The minimum absolute atomic E-state index is 0.233. The lowest BCUT2D eigenvalue weighted by Crippen LogP contribution is -2.16. The Kier molecular flexibility index (Phi) is 4.29. The molecule has 0 heterocycles. The van der Waals surface area contributed by atoms with Crippen molar-refractivity contribution < 1.29 is 5.11 Å². The van der Waals surface area contributed by atoms with Crippen LogP contribution in [0, 0.1) is 0 Å².